The van der Waals surface area contributed by atoms with E-state index in [4.69, 9.17) is 26.8 Å². The highest BCUT2D eigenvalue weighted by molar-refractivity contribution is 7.81. The zero-order chi connectivity index (χ0) is 31.6. The van der Waals surface area contributed by atoms with E-state index >= 15 is 0 Å². The number of hydrogen-bond donors (Lipinski definition) is 3. The number of fused-ring (bicyclic) bond motifs is 4. The Bertz CT molecular complexity index is 1220. The van der Waals surface area contributed by atoms with Crippen molar-refractivity contribution < 1.29 is 23.8 Å². The number of ether oxygens (including phenoxy) is 3. The molecule has 11 atom stereocenters. The van der Waals surface area contributed by atoms with Gasteiger partial charge in [-0.3, -0.25) is 0 Å². The molecule has 3 saturated heterocycles. The topological polar surface area (TPSA) is 89.1 Å². The number of amides is 2. The summed E-state index contributed by atoms with van der Waals surface area (Å²) >= 11 is 5.71. The minimum absolute atomic E-state index is 0.0128. The van der Waals surface area contributed by atoms with Crippen molar-refractivity contribution in [3.05, 3.63) is 0 Å². The molecule has 0 aromatic heterocycles. The van der Waals surface area contributed by atoms with Crippen molar-refractivity contribution in [1.29, 1.82) is 0 Å². The van der Waals surface area contributed by atoms with Crippen LogP contribution in [0.15, 0.2) is 0 Å². The Morgan fingerprint density at radius 2 is 1.71 bits per heavy atom. The van der Waals surface area contributed by atoms with Crippen LogP contribution in [-0.2, 0) is 14.2 Å². The summed E-state index contributed by atoms with van der Waals surface area (Å²) in [5.74, 6) is 1.92. The lowest BCUT2D eigenvalue weighted by Gasteiger charge is -2.62. The summed E-state index contributed by atoms with van der Waals surface area (Å²) in [5, 5.41) is 6.28. The molecule has 5 aliphatic carbocycles. The SMILES string of the molecule is CC(C)[C@@H](OC(=O)N1CCC1)C1CCC2C(C[C@@]3(C)C4CC[C@H]5C(C)(C)[C@@H](OC(=O)NC6CNC6)CC[C@@]56C[C@@]46CC[C@]23S)O1. The first-order chi connectivity index (χ1) is 21.3. The molecule has 0 radical (unpaired) electrons. The molecule has 0 bridgehead atoms. The van der Waals surface area contributed by atoms with E-state index in [1.54, 1.807) is 0 Å². The third kappa shape index (κ3) is 4.30. The predicted molar refractivity (Wildman–Crippen MR) is 175 cm³/mol. The van der Waals surface area contributed by atoms with Gasteiger partial charge in [-0.05, 0) is 105 Å². The molecule has 2 amide bonds. The molecule has 2 N–H and O–H groups in total. The Kier molecular flexibility index (Phi) is 7.19. The van der Waals surface area contributed by atoms with Crippen molar-refractivity contribution in [3.63, 3.8) is 0 Å². The molecule has 5 saturated carbocycles. The third-order valence-corrected chi connectivity index (χ3v) is 16.5. The smallest absolute Gasteiger partial charge is 0.410 e. The molecule has 45 heavy (non-hydrogen) atoms. The molecule has 4 unspecified atom stereocenters. The highest BCUT2D eigenvalue weighted by Crippen LogP contribution is 2.88. The van der Waals surface area contributed by atoms with Crippen LogP contribution in [0.4, 0.5) is 9.59 Å². The van der Waals surface area contributed by atoms with Gasteiger partial charge in [0.2, 0.25) is 0 Å². The fourth-order valence-corrected chi connectivity index (χ4v) is 13.5. The minimum atomic E-state index is -0.235. The van der Waals surface area contributed by atoms with Gasteiger partial charge in [0.15, 0.2) is 0 Å². The van der Waals surface area contributed by atoms with E-state index in [9.17, 15) is 9.59 Å². The molecule has 0 aromatic carbocycles. The Labute approximate surface area is 275 Å². The molecule has 0 aromatic rings. The van der Waals surface area contributed by atoms with Gasteiger partial charge in [0.05, 0.1) is 18.2 Å². The highest BCUT2D eigenvalue weighted by atomic mass is 32.1. The van der Waals surface area contributed by atoms with Gasteiger partial charge >= 0.3 is 12.2 Å². The first-order valence-corrected chi connectivity index (χ1v) is 18.8. The standard InChI is InChI=1S/C36H57N3O5S/c1-21(2)29(44-31(41)39-15-6-16-39)24-8-7-23-25(42-24)17-33(5)27-10-9-26-32(3,4)28(43-30(40)38-22-18-37-19-22)11-12-34(26)20-35(27,34)13-14-36(23,33)45/h21-29,37,45H,6-20H2,1-5H3,(H,38,40)/t23?,24?,25?,26-,27?,28-,29+,33-,34+,35-,36-/m0/s1. The van der Waals surface area contributed by atoms with Gasteiger partial charge in [-0.15, -0.1) is 0 Å². The molecule has 252 valence electrons. The number of hydrogen-bond acceptors (Lipinski definition) is 7. The average molecular weight is 644 g/mol. The van der Waals surface area contributed by atoms with Crippen molar-refractivity contribution in [2.24, 2.45) is 45.3 Å². The Morgan fingerprint density at radius 1 is 0.978 bits per heavy atom. The maximum absolute atomic E-state index is 12.8. The van der Waals surface area contributed by atoms with Gasteiger partial charge < -0.3 is 29.7 Å². The Morgan fingerprint density at radius 3 is 2.38 bits per heavy atom. The lowest BCUT2D eigenvalue weighted by Crippen LogP contribution is -2.60. The van der Waals surface area contributed by atoms with E-state index in [1.165, 1.54) is 38.5 Å². The number of carbonyl (C=O) groups is 2. The molecular weight excluding hydrogens is 586 g/mol. The van der Waals surface area contributed by atoms with Gasteiger partial charge in [0, 0.05) is 42.3 Å². The van der Waals surface area contributed by atoms with Crippen LogP contribution < -0.4 is 10.6 Å². The first kappa shape index (κ1) is 31.1. The fraction of sp³-hybridized carbons (Fsp3) is 0.944. The molecule has 3 heterocycles. The molecule has 2 spiro atoms. The second-order valence-corrected chi connectivity index (χ2v) is 18.6. The number of nitrogens with one attached hydrogen (secondary N) is 2. The van der Waals surface area contributed by atoms with Gasteiger partial charge in [-0.1, -0.05) is 34.6 Å². The second-order valence-electron chi connectivity index (χ2n) is 17.8. The summed E-state index contributed by atoms with van der Waals surface area (Å²) < 4.78 is 19.3. The van der Waals surface area contributed by atoms with Crippen LogP contribution in [-0.4, -0.2) is 78.5 Å². The largest absolute Gasteiger partial charge is 0.446 e. The average Bonchev–Trinajstić information content (AvgIpc) is 3.53. The Balaban J connectivity index is 0.985. The van der Waals surface area contributed by atoms with Crippen LogP contribution in [0.2, 0.25) is 0 Å². The summed E-state index contributed by atoms with van der Waals surface area (Å²) in [4.78, 5) is 27.4. The molecule has 8 rings (SSSR count). The van der Waals surface area contributed by atoms with Crippen molar-refractivity contribution in [2.75, 3.05) is 26.2 Å². The maximum Gasteiger partial charge on any atom is 0.410 e. The van der Waals surface area contributed by atoms with Crippen molar-refractivity contribution in [2.45, 2.75) is 140 Å². The van der Waals surface area contributed by atoms with Gasteiger partial charge in [-0.2, -0.15) is 12.6 Å². The van der Waals surface area contributed by atoms with Crippen LogP contribution >= 0.6 is 12.6 Å². The zero-order valence-electron chi connectivity index (χ0n) is 28.2. The molecule has 8 nitrogen and oxygen atoms in total. The normalized spacial score (nSPS) is 48.3. The molecule has 8 fully saturated rings. The first-order valence-electron chi connectivity index (χ1n) is 18.4. The summed E-state index contributed by atoms with van der Waals surface area (Å²) in [5.41, 5.74) is 0.858. The zero-order valence-corrected chi connectivity index (χ0v) is 29.1. The highest BCUT2D eigenvalue weighted by Gasteiger charge is 2.83. The van der Waals surface area contributed by atoms with E-state index in [0.29, 0.717) is 28.6 Å². The van der Waals surface area contributed by atoms with Crippen LogP contribution in [0, 0.1) is 45.3 Å². The molecule has 8 aliphatic rings. The lowest BCUT2D eigenvalue weighted by atomic mass is 9.45. The third-order valence-electron chi connectivity index (χ3n) is 15.4. The Hall–Kier alpha value is -1.19. The van der Waals surface area contributed by atoms with Crippen LogP contribution in [0.3, 0.4) is 0 Å². The number of alkyl carbamates (subject to hydrolysis) is 1. The van der Waals surface area contributed by atoms with Gasteiger partial charge in [-0.25, -0.2) is 9.59 Å². The van der Waals surface area contributed by atoms with Crippen LogP contribution in [0.1, 0.15) is 105 Å². The second kappa shape index (κ2) is 10.4. The monoisotopic (exact) mass is 643 g/mol. The summed E-state index contributed by atoms with van der Waals surface area (Å²) in [6.07, 6.45) is 12.1. The van der Waals surface area contributed by atoms with Crippen LogP contribution in [0.25, 0.3) is 0 Å². The van der Waals surface area contributed by atoms with Crippen molar-refractivity contribution in [3.8, 4) is 0 Å². The van der Waals surface area contributed by atoms with Gasteiger partial charge in [0.25, 0.3) is 0 Å². The van der Waals surface area contributed by atoms with Crippen molar-refractivity contribution in [1.82, 2.24) is 15.5 Å². The number of carbonyl (C=O) groups excluding carboxylic acids is 2. The maximum atomic E-state index is 12.8. The number of rotatable bonds is 5. The molecule has 9 heteroatoms. The number of thiol groups is 1. The summed E-state index contributed by atoms with van der Waals surface area (Å²) in [7, 11) is 0. The molecular formula is C36H57N3O5S. The van der Waals surface area contributed by atoms with E-state index in [1.807, 2.05) is 4.90 Å². The minimum Gasteiger partial charge on any atom is -0.446 e. The van der Waals surface area contributed by atoms with Crippen LogP contribution in [0.5, 0.6) is 0 Å². The number of likely N-dealkylation sites (tertiary alicyclic amines) is 1. The molecule has 3 aliphatic heterocycles. The predicted octanol–water partition coefficient (Wildman–Crippen LogP) is 6.18. The summed E-state index contributed by atoms with van der Waals surface area (Å²) in [6, 6.07) is 0.202. The van der Waals surface area contributed by atoms with Gasteiger partial charge in [0.1, 0.15) is 12.2 Å². The number of nitrogens with zero attached hydrogens (tertiary/aromatic N) is 1. The van der Waals surface area contributed by atoms with E-state index in [0.717, 1.165) is 58.3 Å². The summed E-state index contributed by atoms with van der Waals surface area (Å²) in [6.45, 7) is 15.0. The van der Waals surface area contributed by atoms with E-state index < -0.39 is 0 Å². The van der Waals surface area contributed by atoms with Crippen molar-refractivity contribution >= 4 is 24.8 Å². The quantitative estimate of drug-likeness (QED) is 0.310. The fourth-order valence-electron chi connectivity index (χ4n) is 12.9. The van der Waals surface area contributed by atoms with E-state index in [2.05, 4.69) is 45.3 Å². The van der Waals surface area contributed by atoms with E-state index in [-0.39, 0.29) is 64.1 Å². The lowest BCUT2D eigenvalue weighted by molar-refractivity contribution is -0.138.